The van der Waals surface area contributed by atoms with Crippen molar-refractivity contribution in [2.24, 2.45) is 0 Å². The number of carbonyl (C=O) groups excluding carboxylic acids is 1. The summed E-state index contributed by atoms with van der Waals surface area (Å²) in [6.07, 6.45) is 0.334. The molecule has 0 saturated heterocycles. The molecule has 29 heavy (non-hydrogen) atoms. The number of benzene rings is 3. The summed E-state index contributed by atoms with van der Waals surface area (Å²) in [6, 6.07) is 26.4. The summed E-state index contributed by atoms with van der Waals surface area (Å²) in [4.78, 5) is 12.8. The fourth-order valence-corrected chi connectivity index (χ4v) is 3.89. The van der Waals surface area contributed by atoms with Gasteiger partial charge in [0.1, 0.15) is 0 Å². The van der Waals surface area contributed by atoms with Gasteiger partial charge in [-0.2, -0.15) is 0 Å². The van der Waals surface area contributed by atoms with Gasteiger partial charge in [0.25, 0.3) is 0 Å². The lowest BCUT2D eigenvalue weighted by atomic mass is 9.88. The number of hydrogen-bond acceptors (Lipinski definition) is 3. The van der Waals surface area contributed by atoms with E-state index in [1.165, 1.54) is 19.2 Å². The third kappa shape index (κ3) is 5.53. The zero-order chi connectivity index (χ0) is 20.7. The van der Waals surface area contributed by atoms with E-state index in [2.05, 4.69) is 10.0 Å². The predicted molar refractivity (Wildman–Crippen MR) is 114 cm³/mol. The first-order chi connectivity index (χ1) is 14.0. The minimum Gasteiger partial charge on any atom is -0.352 e. The largest absolute Gasteiger partial charge is 0.352 e. The van der Waals surface area contributed by atoms with Gasteiger partial charge in [-0.1, -0.05) is 72.8 Å². The van der Waals surface area contributed by atoms with Gasteiger partial charge in [-0.05, 0) is 35.9 Å². The van der Waals surface area contributed by atoms with Crippen molar-refractivity contribution >= 4 is 15.9 Å². The van der Waals surface area contributed by atoms with Gasteiger partial charge in [0.2, 0.25) is 15.9 Å². The van der Waals surface area contributed by atoms with E-state index < -0.39 is 10.0 Å². The molecule has 6 heteroatoms. The maximum Gasteiger partial charge on any atom is 0.240 e. The van der Waals surface area contributed by atoms with Gasteiger partial charge in [0.05, 0.1) is 4.90 Å². The minimum atomic E-state index is -3.46. The summed E-state index contributed by atoms with van der Waals surface area (Å²) < 4.78 is 25.9. The molecule has 3 aromatic carbocycles. The Kier molecular flexibility index (Phi) is 6.80. The fourth-order valence-electron chi connectivity index (χ4n) is 3.16. The van der Waals surface area contributed by atoms with E-state index in [0.717, 1.165) is 16.7 Å². The molecule has 0 unspecified atom stereocenters. The zero-order valence-corrected chi connectivity index (χ0v) is 17.0. The Bertz CT molecular complexity index is 995. The van der Waals surface area contributed by atoms with E-state index >= 15 is 0 Å². The molecule has 0 aromatic heterocycles. The van der Waals surface area contributed by atoms with E-state index in [-0.39, 0.29) is 16.7 Å². The van der Waals surface area contributed by atoms with Crippen LogP contribution in [0.15, 0.2) is 89.8 Å². The Morgan fingerprint density at radius 3 is 1.83 bits per heavy atom. The van der Waals surface area contributed by atoms with Crippen molar-refractivity contribution in [2.45, 2.75) is 23.8 Å². The normalized spacial score (nSPS) is 11.4. The molecule has 0 radical (unpaired) electrons. The van der Waals surface area contributed by atoms with Crippen LogP contribution in [0.3, 0.4) is 0 Å². The van der Waals surface area contributed by atoms with Gasteiger partial charge in [-0.25, -0.2) is 13.1 Å². The summed E-state index contributed by atoms with van der Waals surface area (Å²) >= 11 is 0. The molecule has 3 aromatic rings. The second-order valence-electron chi connectivity index (χ2n) is 6.71. The standard InChI is InChI=1S/C23H24N2O3S/c1-24-29(27,28)21-14-12-18(13-15-21)17-25-23(26)16-22(19-8-4-2-5-9-19)20-10-6-3-7-11-20/h2-15,22,24H,16-17H2,1H3,(H,25,26). The first-order valence-corrected chi connectivity index (χ1v) is 10.9. The van der Waals surface area contributed by atoms with Crippen LogP contribution in [0.2, 0.25) is 0 Å². The van der Waals surface area contributed by atoms with Crippen LogP contribution < -0.4 is 10.0 Å². The molecule has 0 bridgehead atoms. The highest BCUT2D eigenvalue weighted by atomic mass is 32.2. The molecular formula is C23H24N2O3S. The van der Waals surface area contributed by atoms with Crippen LogP contribution in [0.25, 0.3) is 0 Å². The summed E-state index contributed by atoms with van der Waals surface area (Å²) in [5, 5.41) is 2.94. The van der Waals surface area contributed by atoms with Gasteiger partial charge < -0.3 is 5.32 Å². The van der Waals surface area contributed by atoms with Gasteiger partial charge >= 0.3 is 0 Å². The first kappa shape index (κ1) is 20.8. The van der Waals surface area contributed by atoms with Crippen LogP contribution in [-0.2, 0) is 21.4 Å². The van der Waals surface area contributed by atoms with E-state index in [1.807, 2.05) is 60.7 Å². The molecule has 150 valence electrons. The Hall–Kier alpha value is -2.96. The second-order valence-corrected chi connectivity index (χ2v) is 8.59. The number of amides is 1. The Morgan fingerprint density at radius 2 is 1.34 bits per heavy atom. The molecule has 5 nitrogen and oxygen atoms in total. The molecule has 0 heterocycles. The van der Waals surface area contributed by atoms with Crippen molar-refractivity contribution in [3.05, 3.63) is 102 Å². The maximum atomic E-state index is 12.6. The van der Waals surface area contributed by atoms with Crippen LogP contribution in [0.4, 0.5) is 0 Å². The number of rotatable bonds is 8. The third-order valence-electron chi connectivity index (χ3n) is 4.79. The van der Waals surface area contributed by atoms with Crippen molar-refractivity contribution < 1.29 is 13.2 Å². The number of carbonyl (C=O) groups is 1. The lowest BCUT2D eigenvalue weighted by Crippen LogP contribution is -2.25. The number of sulfonamides is 1. The fraction of sp³-hybridized carbons (Fsp3) is 0.174. The molecule has 1 amide bonds. The van der Waals surface area contributed by atoms with Crippen molar-refractivity contribution in [2.75, 3.05) is 7.05 Å². The van der Waals surface area contributed by atoms with Crippen molar-refractivity contribution in [3.63, 3.8) is 0 Å². The summed E-state index contributed by atoms with van der Waals surface area (Å²) in [6.45, 7) is 0.342. The molecule has 0 fully saturated rings. The molecule has 0 aliphatic carbocycles. The highest BCUT2D eigenvalue weighted by molar-refractivity contribution is 7.89. The average Bonchev–Trinajstić information content (AvgIpc) is 2.77. The van der Waals surface area contributed by atoms with Gasteiger partial charge in [0.15, 0.2) is 0 Å². The highest BCUT2D eigenvalue weighted by Crippen LogP contribution is 2.27. The Labute approximate surface area is 171 Å². The highest BCUT2D eigenvalue weighted by Gasteiger charge is 2.18. The lowest BCUT2D eigenvalue weighted by molar-refractivity contribution is -0.121. The van der Waals surface area contributed by atoms with Gasteiger partial charge in [-0.3, -0.25) is 4.79 Å². The van der Waals surface area contributed by atoms with E-state index in [4.69, 9.17) is 0 Å². The maximum absolute atomic E-state index is 12.6. The Morgan fingerprint density at radius 1 is 0.828 bits per heavy atom. The lowest BCUT2D eigenvalue weighted by Gasteiger charge is -2.18. The summed E-state index contributed by atoms with van der Waals surface area (Å²) in [7, 11) is -2.09. The van der Waals surface area contributed by atoms with Gasteiger partial charge in [0, 0.05) is 18.9 Å². The molecule has 0 atom stereocenters. The van der Waals surface area contributed by atoms with Crippen LogP contribution in [-0.4, -0.2) is 21.4 Å². The SMILES string of the molecule is CNS(=O)(=O)c1ccc(CNC(=O)CC(c2ccccc2)c2ccccc2)cc1. The van der Waals surface area contributed by atoms with Crippen molar-refractivity contribution in [3.8, 4) is 0 Å². The summed E-state index contributed by atoms with van der Waals surface area (Å²) in [5.74, 6) is -0.0878. The van der Waals surface area contributed by atoms with Crippen LogP contribution in [0.5, 0.6) is 0 Å². The van der Waals surface area contributed by atoms with E-state index in [9.17, 15) is 13.2 Å². The molecule has 2 N–H and O–H groups in total. The molecular weight excluding hydrogens is 384 g/mol. The third-order valence-corrected chi connectivity index (χ3v) is 6.22. The van der Waals surface area contributed by atoms with Crippen molar-refractivity contribution in [1.82, 2.24) is 10.0 Å². The predicted octanol–water partition coefficient (Wildman–Crippen LogP) is 3.43. The topological polar surface area (TPSA) is 75.3 Å². The van der Waals surface area contributed by atoms with Crippen LogP contribution in [0, 0.1) is 0 Å². The molecule has 3 rings (SSSR count). The van der Waals surface area contributed by atoms with Gasteiger partial charge in [-0.15, -0.1) is 0 Å². The first-order valence-electron chi connectivity index (χ1n) is 9.38. The number of nitrogens with one attached hydrogen (secondary N) is 2. The van der Waals surface area contributed by atoms with Crippen LogP contribution >= 0.6 is 0 Å². The zero-order valence-electron chi connectivity index (χ0n) is 16.2. The summed E-state index contributed by atoms with van der Waals surface area (Å²) in [5.41, 5.74) is 3.02. The minimum absolute atomic E-state index is 0.0273. The monoisotopic (exact) mass is 408 g/mol. The van der Waals surface area contributed by atoms with Crippen molar-refractivity contribution in [1.29, 1.82) is 0 Å². The van der Waals surface area contributed by atoms with E-state index in [0.29, 0.717) is 13.0 Å². The Balaban J connectivity index is 1.67. The quantitative estimate of drug-likeness (QED) is 0.600. The molecule has 0 aliphatic rings. The van der Waals surface area contributed by atoms with Crippen LogP contribution in [0.1, 0.15) is 29.0 Å². The number of hydrogen-bond donors (Lipinski definition) is 2. The average molecular weight is 409 g/mol. The second kappa shape index (κ2) is 9.49. The van der Waals surface area contributed by atoms with E-state index in [1.54, 1.807) is 12.1 Å². The smallest absolute Gasteiger partial charge is 0.240 e. The molecule has 0 saturated carbocycles. The molecule has 0 spiro atoms. The molecule has 0 aliphatic heterocycles.